The van der Waals surface area contributed by atoms with E-state index in [2.05, 4.69) is 12.2 Å². The van der Waals surface area contributed by atoms with Gasteiger partial charge in [0.15, 0.2) is 17.2 Å². The quantitative estimate of drug-likeness (QED) is 0.446. The lowest BCUT2D eigenvalue weighted by atomic mass is 10.1. The maximum atomic E-state index is 13.3. The predicted molar refractivity (Wildman–Crippen MR) is 121 cm³/mol. The van der Waals surface area contributed by atoms with E-state index in [1.165, 1.54) is 64.8 Å². The monoisotopic (exact) mass is 485 g/mol. The zero-order valence-electron chi connectivity index (χ0n) is 19.7. The third-order valence-corrected chi connectivity index (χ3v) is 5.59. The molecule has 0 aromatic heterocycles. The van der Waals surface area contributed by atoms with Gasteiger partial charge in [0.2, 0.25) is 0 Å². The number of ether oxygens (including phenoxy) is 2. The van der Waals surface area contributed by atoms with Crippen molar-refractivity contribution in [2.24, 2.45) is 0 Å². The molecule has 0 saturated heterocycles. The van der Waals surface area contributed by atoms with Crippen LogP contribution in [-0.2, 0) is 11.0 Å². The second-order valence-electron chi connectivity index (χ2n) is 8.68. The number of aliphatic carboxylic acids is 1. The molecule has 1 saturated carbocycles. The SMILES string of the molecule is CC(C)(Oc1ccccc1C(F)(F)F)C(=O)O.COc1cc(C(C)NC2CCCC2)ccc1F. The van der Waals surface area contributed by atoms with Gasteiger partial charge in [0.25, 0.3) is 0 Å². The smallest absolute Gasteiger partial charge is 0.419 e. The van der Waals surface area contributed by atoms with E-state index in [1.807, 2.05) is 6.07 Å². The highest BCUT2D eigenvalue weighted by atomic mass is 19.4. The number of para-hydroxylation sites is 1. The van der Waals surface area contributed by atoms with Gasteiger partial charge in [0, 0.05) is 12.1 Å². The van der Waals surface area contributed by atoms with Crippen LogP contribution in [0.25, 0.3) is 0 Å². The number of alkyl halides is 3. The van der Waals surface area contributed by atoms with E-state index >= 15 is 0 Å². The summed E-state index contributed by atoms with van der Waals surface area (Å²) in [5.41, 5.74) is -1.63. The van der Waals surface area contributed by atoms with Crippen LogP contribution in [0.4, 0.5) is 17.6 Å². The summed E-state index contributed by atoms with van der Waals surface area (Å²) in [4.78, 5) is 10.8. The van der Waals surface area contributed by atoms with Crippen LogP contribution in [0, 0.1) is 5.82 Å². The van der Waals surface area contributed by atoms with Gasteiger partial charge >= 0.3 is 12.1 Å². The largest absolute Gasteiger partial charge is 0.494 e. The molecule has 1 fully saturated rings. The Hall–Kier alpha value is -2.81. The molecule has 2 N–H and O–H groups in total. The zero-order chi connectivity index (χ0) is 25.5. The van der Waals surface area contributed by atoms with E-state index in [0.29, 0.717) is 11.8 Å². The minimum Gasteiger partial charge on any atom is -0.494 e. The van der Waals surface area contributed by atoms with Crippen LogP contribution in [0.1, 0.15) is 63.6 Å². The molecule has 9 heteroatoms. The highest BCUT2D eigenvalue weighted by molar-refractivity contribution is 5.76. The van der Waals surface area contributed by atoms with Crippen LogP contribution in [0.3, 0.4) is 0 Å². The Labute approximate surface area is 197 Å². The molecule has 0 spiro atoms. The average molecular weight is 486 g/mol. The summed E-state index contributed by atoms with van der Waals surface area (Å²) in [6, 6.07) is 10.4. The normalized spacial score (nSPS) is 15.3. The van der Waals surface area contributed by atoms with Crippen LogP contribution in [0.5, 0.6) is 11.5 Å². The summed E-state index contributed by atoms with van der Waals surface area (Å²) in [5, 5.41) is 12.4. The molecule has 0 heterocycles. The van der Waals surface area contributed by atoms with Crippen molar-refractivity contribution in [1.29, 1.82) is 0 Å². The Bertz CT molecular complexity index is 956. The average Bonchev–Trinajstić information content (AvgIpc) is 3.27. The van der Waals surface area contributed by atoms with Crippen molar-refractivity contribution < 1.29 is 36.9 Å². The lowest BCUT2D eigenvalue weighted by molar-refractivity contribution is -0.155. The molecule has 0 aliphatic heterocycles. The molecule has 1 aliphatic rings. The van der Waals surface area contributed by atoms with Gasteiger partial charge in [-0.3, -0.25) is 0 Å². The van der Waals surface area contributed by atoms with E-state index in [0.717, 1.165) is 17.7 Å². The fourth-order valence-corrected chi connectivity index (χ4v) is 3.60. The molecule has 0 amide bonds. The Balaban J connectivity index is 0.000000240. The first-order chi connectivity index (χ1) is 15.8. The van der Waals surface area contributed by atoms with Crippen LogP contribution in [0.15, 0.2) is 42.5 Å². The molecule has 188 valence electrons. The molecule has 1 aliphatic carbocycles. The van der Waals surface area contributed by atoms with Gasteiger partial charge in [-0.25, -0.2) is 9.18 Å². The van der Waals surface area contributed by atoms with Crippen molar-refractivity contribution in [2.45, 2.75) is 70.3 Å². The molecule has 1 atom stereocenters. The highest BCUT2D eigenvalue weighted by Crippen LogP contribution is 2.37. The second kappa shape index (κ2) is 11.6. The zero-order valence-corrected chi connectivity index (χ0v) is 19.7. The Kier molecular flexibility index (Phi) is 9.32. The van der Waals surface area contributed by atoms with Crippen molar-refractivity contribution >= 4 is 5.97 Å². The molecule has 0 bridgehead atoms. The van der Waals surface area contributed by atoms with Crippen LogP contribution >= 0.6 is 0 Å². The van der Waals surface area contributed by atoms with Crippen LogP contribution in [-0.4, -0.2) is 29.8 Å². The number of carboxylic acids is 1. The van der Waals surface area contributed by atoms with Gasteiger partial charge in [-0.05, 0) is 63.4 Å². The number of nitrogens with one attached hydrogen (secondary N) is 1. The summed E-state index contributed by atoms with van der Waals surface area (Å²) in [6.07, 6.45) is 0.560. The fraction of sp³-hybridized carbons (Fsp3) is 0.480. The minimum absolute atomic E-state index is 0.243. The van der Waals surface area contributed by atoms with Gasteiger partial charge in [0.1, 0.15) is 5.75 Å². The Morgan fingerprint density at radius 2 is 1.71 bits per heavy atom. The predicted octanol–water partition coefficient (Wildman–Crippen LogP) is 6.37. The lowest BCUT2D eigenvalue weighted by Gasteiger charge is -2.23. The van der Waals surface area contributed by atoms with Crippen LogP contribution < -0.4 is 14.8 Å². The lowest BCUT2D eigenvalue weighted by Crippen LogP contribution is -2.38. The molecule has 5 nitrogen and oxygen atoms in total. The van der Waals surface area contributed by atoms with Crippen molar-refractivity contribution in [3.8, 4) is 11.5 Å². The number of carboxylic acid groups (broad SMARTS) is 1. The highest BCUT2D eigenvalue weighted by Gasteiger charge is 2.37. The Morgan fingerprint density at radius 1 is 1.09 bits per heavy atom. The van der Waals surface area contributed by atoms with Gasteiger partial charge in [0.05, 0.1) is 12.7 Å². The fourth-order valence-electron chi connectivity index (χ4n) is 3.60. The number of hydrogen-bond donors (Lipinski definition) is 2. The van der Waals surface area contributed by atoms with E-state index < -0.39 is 29.1 Å². The topological polar surface area (TPSA) is 67.8 Å². The Morgan fingerprint density at radius 3 is 2.26 bits per heavy atom. The first-order valence-electron chi connectivity index (χ1n) is 11.0. The number of methoxy groups -OCH3 is 1. The van der Waals surface area contributed by atoms with Crippen molar-refractivity contribution in [3.05, 3.63) is 59.4 Å². The van der Waals surface area contributed by atoms with Gasteiger partial charge in [-0.1, -0.05) is 31.0 Å². The van der Waals surface area contributed by atoms with Crippen molar-refractivity contribution in [1.82, 2.24) is 5.32 Å². The number of hydrogen-bond acceptors (Lipinski definition) is 4. The first kappa shape index (κ1) is 27.4. The summed E-state index contributed by atoms with van der Waals surface area (Å²) in [7, 11) is 1.50. The van der Waals surface area contributed by atoms with E-state index in [9.17, 15) is 22.4 Å². The van der Waals surface area contributed by atoms with Crippen molar-refractivity contribution in [2.75, 3.05) is 7.11 Å². The second-order valence-corrected chi connectivity index (χ2v) is 8.68. The van der Waals surface area contributed by atoms with E-state index in [1.54, 1.807) is 6.07 Å². The summed E-state index contributed by atoms with van der Waals surface area (Å²) in [5.74, 6) is -1.81. The summed E-state index contributed by atoms with van der Waals surface area (Å²) in [6.45, 7) is 4.48. The maximum Gasteiger partial charge on any atom is 0.419 e. The minimum atomic E-state index is -4.58. The van der Waals surface area contributed by atoms with E-state index in [-0.39, 0.29) is 11.9 Å². The van der Waals surface area contributed by atoms with Gasteiger partial charge in [-0.2, -0.15) is 13.2 Å². The number of carbonyl (C=O) groups is 1. The van der Waals surface area contributed by atoms with Gasteiger partial charge in [-0.15, -0.1) is 0 Å². The van der Waals surface area contributed by atoms with Gasteiger partial charge < -0.3 is 19.9 Å². The molecular formula is C25H31F4NO4. The molecule has 3 rings (SSSR count). The number of halogens is 4. The summed E-state index contributed by atoms with van der Waals surface area (Å²) >= 11 is 0. The van der Waals surface area contributed by atoms with Crippen LogP contribution in [0.2, 0.25) is 0 Å². The number of rotatable bonds is 7. The number of benzene rings is 2. The standard InChI is InChI=1S/C14H20FNO.C11H11F3O3/c1-10(16-12-5-3-4-6-12)11-7-8-13(15)14(9-11)17-2;1-10(2,9(15)16)17-8-6-4-3-5-7(8)11(12,13)14/h7-10,12,16H,3-6H2,1-2H3;3-6H,1-2H3,(H,15,16). The molecule has 2 aromatic rings. The maximum absolute atomic E-state index is 13.3. The molecule has 34 heavy (non-hydrogen) atoms. The van der Waals surface area contributed by atoms with E-state index in [4.69, 9.17) is 14.6 Å². The third-order valence-electron chi connectivity index (χ3n) is 5.59. The molecule has 2 aromatic carbocycles. The molecule has 1 unspecified atom stereocenters. The van der Waals surface area contributed by atoms with Crippen molar-refractivity contribution in [3.63, 3.8) is 0 Å². The first-order valence-corrected chi connectivity index (χ1v) is 11.0. The third kappa shape index (κ3) is 7.62. The summed E-state index contributed by atoms with van der Waals surface area (Å²) < 4.78 is 61.0. The molecular weight excluding hydrogens is 454 g/mol. The molecule has 0 radical (unpaired) electrons.